The maximum Gasteiger partial charge on any atom is 0.325 e. The van der Waals surface area contributed by atoms with Crippen LogP contribution in [0.1, 0.15) is 19.4 Å². The van der Waals surface area contributed by atoms with Gasteiger partial charge >= 0.3 is 5.97 Å². The van der Waals surface area contributed by atoms with Gasteiger partial charge in [0.05, 0.1) is 19.8 Å². The van der Waals surface area contributed by atoms with Gasteiger partial charge in [-0.05, 0) is 20.8 Å². The summed E-state index contributed by atoms with van der Waals surface area (Å²) in [5, 5.41) is 0. The van der Waals surface area contributed by atoms with Gasteiger partial charge in [-0.25, -0.2) is 9.97 Å². The van der Waals surface area contributed by atoms with E-state index in [0.29, 0.717) is 11.7 Å². The van der Waals surface area contributed by atoms with Gasteiger partial charge in [-0.1, -0.05) is 0 Å². The van der Waals surface area contributed by atoms with E-state index >= 15 is 0 Å². The van der Waals surface area contributed by atoms with Crippen molar-refractivity contribution >= 4 is 11.8 Å². The SMILES string of the molecule is COC(=O)CN(c1ncnc(OC)c1C)C(C)C. The van der Waals surface area contributed by atoms with Crippen molar-refractivity contribution in [1.29, 1.82) is 0 Å². The molecule has 0 bridgehead atoms. The first-order valence-electron chi connectivity index (χ1n) is 5.70. The summed E-state index contributed by atoms with van der Waals surface area (Å²) in [6.07, 6.45) is 1.42. The van der Waals surface area contributed by atoms with Gasteiger partial charge in [0.2, 0.25) is 5.88 Å². The third kappa shape index (κ3) is 3.09. The fourth-order valence-corrected chi connectivity index (χ4v) is 1.63. The molecule has 0 saturated carbocycles. The standard InChI is InChI=1S/C12H19N3O3/c1-8(2)15(6-10(16)17-4)11-9(3)12(18-5)14-7-13-11/h7-8H,6H2,1-5H3. The van der Waals surface area contributed by atoms with Crippen molar-refractivity contribution in [2.45, 2.75) is 26.8 Å². The molecule has 0 aliphatic carbocycles. The van der Waals surface area contributed by atoms with Crippen molar-refractivity contribution in [1.82, 2.24) is 9.97 Å². The van der Waals surface area contributed by atoms with E-state index < -0.39 is 0 Å². The van der Waals surface area contributed by atoms with Crippen molar-refractivity contribution in [2.24, 2.45) is 0 Å². The predicted octanol–water partition coefficient (Wildman–Crippen LogP) is 1.18. The zero-order valence-electron chi connectivity index (χ0n) is 11.4. The Morgan fingerprint density at radius 2 is 2.06 bits per heavy atom. The van der Waals surface area contributed by atoms with Crippen LogP contribution in [0, 0.1) is 6.92 Å². The van der Waals surface area contributed by atoms with Gasteiger partial charge in [-0.15, -0.1) is 0 Å². The summed E-state index contributed by atoms with van der Waals surface area (Å²) in [6.45, 7) is 5.98. The normalized spacial score (nSPS) is 10.3. The molecular weight excluding hydrogens is 234 g/mol. The van der Waals surface area contributed by atoms with Crippen LogP contribution in [0.25, 0.3) is 0 Å². The highest BCUT2D eigenvalue weighted by Gasteiger charge is 2.20. The molecule has 0 aromatic carbocycles. The van der Waals surface area contributed by atoms with E-state index in [1.54, 1.807) is 7.11 Å². The molecule has 6 heteroatoms. The van der Waals surface area contributed by atoms with Crippen LogP contribution in [0.2, 0.25) is 0 Å². The molecule has 0 radical (unpaired) electrons. The van der Waals surface area contributed by atoms with E-state index in [0.717, 1.165) is 5.56 Å². The largest absolute Gasteiger partial charge is 0.481 e. The molecule has 0 N–H and O–H groups in total. The Morgan fingerprint density at radius 1 is 1.39 bits per heavy atom. The first kappa shape index (κ1) is 14.2. The summed E-state index contributed by atoms with van der Waals surface area (Å²) >= 11 is 0. The quantitative estimate of drug-likeness (QED) is 0.734. The maximum atomic E-state index is 11.4. The van der Waals surface area contributed by atoms with Gasteiger partial charge in [0.1, 0.15) is 18.7 Å². The molecule has 6 nitrogen and oxygen atoms in total. The van der Waals surface area contributed by atoms with Crippen LogP contribution in [-0.4, -0.2) is 42.7 Å². The maximum absolute atomic E-state index is 11.4. The van der Waals surface area contributed by atoms with Gasteiger partial charge in [0, 0.05) is 6.04 Å². The Morgan fingerprint density at radius 3 is 2.56 bits per heavy atom. The number of methoxy groups -OCH3 is 2. The van der Waals surface area contributed by atoms with E-state index in [1.807, 2.05) is 25.7 Å². The van der Waals surface area contributed by atoms with E-state index in [4.69, 9.17) is 9.47 Å². The van der Waals surface area contributed by atoms with E-state index in [-0.39, 0.29) is 18.6 Å². The molecule has 0 aliphatic rings. The Labute approximate surface area is 107 Å². The summed E-state index contributed by atoms with van der Waals surface area (Å²) in [5.41, 5.74) is 0.803. The fourth-order valence-electron chi connectivity index (χ4n) is 1.63. The molecule has 1 aromatic heterocycles. The smallest absolute Gasteiger partial charge is 0.325 e. The highest BCUT2D eigenvalue weighted by molar-refractivity contribution is 5.75. The number of hydrogen-bond donors (Lipinski definition) is 0. The number of esters is 1. The number of anilines is 1. The van der Waals surface area contributed by atoms with Gasteiger partial charge in [0.25, 0.3) is 0 Å². The molecule has 1 heterocycles. The first-order chi connectivity index (χ1) is 8.51. The van der Waals surface area contributed by atoms with Crippen LogP contribution >= 0.6 is 0 Å². The average Bonchev–Trinajstić information content (AvgIpc) is 2.36. The van der Waals surface area contributed by atoms with Gasteiger partial charge in [0.15, 0.2) is 0 Å². The third-order valence-corrected chi connectivity index (χ3v) is 2.63. The summed E-state index contributed by atoms with van der Waals surface area (Å²) in [5.74, 6) is 0.887. The lowest BCUT2D eigenvalue weighted by Gasteiger charge is -2.28. The van der Waals surface area contributed by atoms with Gasteiger partial charge in [-0.2, -0.15) is 0 Å². The number of carbonyl (C=O) groups is 1. The second-order valence-electron chi connectivity index (χ2n) is 4.13. The molecule has 100 valence electrons. The Hall–Kier alpha value is -1.85. The second kappa shape index (κ2) is 6.18. The lowest BCUT2D eigenvalue weighted by Crippen LogP contribution is -2.37. The minimum Gasteiger partial charge on any atom is -0.481 e. The van der Waals surface area contributed by atoms with Crippen LogP contribution < -0.4 is 9.64 Å². The van der Waals surface area contributed by atoms with Crippen molar-refractivity contribution in [2.75, 3.05) is 25.7 Å². The molecule has 0 spiro atoms. The molecule has 18 heavy (non-hydrogen) atoms. The summed E-state index contributed by atoms with van der Waals surface area (Å²) in [6, 6.07) is 0.113. The Balaban J connectivity index is 3.10. The van der Waals surface area contributed by atoms with E-state index in [9.17, 15) is 4.79 Å². The minimum atomic E-state index is -0.305. The van der Waals surface area contributed by atoms with Crippen molar-refractivity contribution < 1.29 is 14.3 Å². The van der Waals surface area contributed by atoms with Crippen molar-refractivity contribution in [3.8, 4) is 5.88 Å². The van der Waals surface area contributed by atoms with Crippen LogP contribution in [0.5, 0.6) is 5.88 Å². The first-order valence-corrected chi connectivity index (χ1v) is 5.70. The molecule has 0 aliphatic heterocycles. The van der Waals surface area contributed by atoms with Gasteiger partial charge < -0.3 is 14.4 Å². The number of aromatic nitrogens is 2. The average molecular weight is 253 g/mol. The number of hydrogen-bond acceptors (Lipinski definition) is 6. The number of carbonyl (C=O) groups excluding carboxylic acids is 1. The topological polar surface area (TPSA) is 64.5 Å². The predicted molar refractivity (Wildman–Crippen MR) is 67.8 cm³/mol. The van der Waals surface area contributed by atoms with E-state index in [2.05, 4.69) is 9.97 Å². The van der Waals surface area contributed by atoms with Crippen LogP contribution in [0.15, 0.2) is 6.33 Å². The summed E-state index contributed by atoms with van der Waals surface area (Å²) in [7, 11) is 2.92. The van der Waals surface area contributed by atoms with Crippen LogP contribution in [0.3, 0.4) is 0 Å². The van der Waals surface area contributed by atoms with Crippen LogP contribution in [-0.2, 0) is 9.53 Å². The highest BCUT2D eigenvalue weighted by Crippen LogP contribution is 2.24. The second-order valence-corrected chi connectivity index (χ2v) is 4.13. The Kier molecular flexibility index (Phi) is 4.88. The zero-order valence-corrected chi connectivity index (χ0v) is 11.4. The fraction of sp³-hybridized carbons (Fsp3) is 0.583. The molecule has 0 fully saturated rings. The molecule has 0 unspecified atom stereocenters. The number of rotatable bonds is 5. The van der Waals surface area contributed by atoms with Gasteiger partial charge in [-0.3, -0.25) is 4.79 Å². The molecular formula is C12H19N3O3. The van der Waals surface area contributed by atoms with Crippen LogP contribution in [0.4, 0.5) is 5.82 Å². The van der Waals surface area contributed by atoms with E-state index in [1.165, 1.54) is 13.4 Å². The number of ether oxygens (including phenoxy) is 2. The minimum absolute atomic E-state index is 0.113. The summed E-state index contributed by atoms with van der Waals surface area (Å²) < 4.78 is 9.85. The lowest BCUT2D eigenvalue weighted by molar-refractivity contribution is -0.139. The van der Waals surface area contributed by atoms with Crippen molar-refractivity contribution in [3.63, 3.8) is 0 Å². The molecule has 0 amide bonds. The third-order valence-electron chi connectivity index (χ3n) is 2.63. The number of nitrogens with zero attached hydrogens (tertiary/aromatic N) is 3. The highest BCUT2D eigenvalue weighted by atomic mass is 16.5. The molecule has 1 rings (SSSR count). The zero-order chi connectivity index (χ0) is 13.7. The molecule has 0 saturated heterocycles. The summed E-state index contributed by atoms with van der Waals surface area (Å²) in [4.78, 5) is 21.5. The monoisotopic (exact) mass is 253 g/mol. The van der Waals surface area contributed by atoms with Crippen molar-refractivity contribution in [3.05, 3.63) is 11.9 Å². The molecule has 1 aromatic rings. The lowest BCUT2D eigenvalue weighted by atomic mass is 10.2. The molecule has 0 atom stereocenters. The Bertz CT molecular complexity index is 421.